The largest absolute Gasteiger partial charge is 0.478 e. The van der Waals surface area contributed by atoms with Gasteiger partial charge in [-0.05, 0) is 63.3 Å². The van der Waals surface area contributed by atoms with Crippen LogP contribution in [-0.2, 0) is 0 Å². The van der Waals surface area contributed by atoms with Gasteiger partial charge in [0.1, 0.15) is 11.5 Å². The third-order valence-electron chi connectivity index (χ3n) is 5.88. The Bertz CT molecular complexity index is 1210. The second-order valence-electron chi connectivity index (χ2n) is 8.57. The highest BCUT2D eigenvalue weighted by Gasteiger charge is 2.25. The minimum absolute atomic E-state index is 0.0780. The molecule has 1 aliphatic carbocycles. The number of para-hydroxylation sites is 1. The first-order valence-electron chi connectivity index (χ1n) is 10.6. The molecule has 1 saturated carbocycles. The van der Waals surface area contributed by atoms with Crippen LogP contribution in [0.4, 0.5) is 11.5 Å². The van der Waals surface area contributed by atoms with E-state index in [0.717, 1.165) is 17.7 Å². The molecule has 0 saturated heterocycles. The first-order valence-corrected chi connectivity index (χ1v) is 10.6. The van der Waals surface area contributed by atoms with Gasteiger partial charge in [0.05, 0.1) is 17.2 Å². The Morgan fingerprint density at radius 2 is 2.03 bits per heavy atom. The summed E-state index contributed by atoms with van der Waals surface area (Å²) in [6.07, 6.45) is 4.26. The smallest absolute Gasteiger partial charge is 0.337 e. The summed E-state index contributed by atoms with van der Waals surface area (Å²) < 4.78 is 1.61. The lowest BCUT2D eigenvalue weighted by Gasteiger charge is -2.23. The molecule has 1 fully saturated rings. The van der Waals surface area contributed by atoms with Gasteiger partial charge in [0.25, 0.3) is 5.56 Å². The maximum atomic E-state index is 13.2. The Hall–Kier alpha value is -3.35. The number of pyridine rings is 1. The van der Waals surface area contributed by atoms with E-state index in [2.05, 4.69) is 10.2 Å². The van der Waals surface area contributed by atoms with E-state index in [1.54, 1.807) is 28.7 Å². The van der Waals surface area contributed by atoms with Gasteiger partial charge in [-0.25, -0.2) is 9.78 Å². The summed E-state index contributed by atoms with van der Waals surface area (Å²) >= 11 is 0. The van der Waals surface area contributed by atoms with Crippen molar-refractivity contribution in [2.75, 3.05) is 23.8 Å². The third-order valence-corrected chi connectivity index (χ3v) is 5.88. The van der Waals surface area contributed by atoms with E-state index in [4.69, 9.17) is 4.98 Å². The molecule has 0 aliphatic heterocycles. The SMILES string of the molecule is Cc1cc([C@@H](C)Nc2ccccc2C(=O)O)c2nc(N(C)CC3CC3)c(C)c(=O)n2c1. The molecule has 0 amide bonds. The Kier molecular flexibility index (Phi) is 5.43. The van der Waals surface area contributed by atoms with Gasteiger partial charge in [-0.15, -0.1) is 0 Å². The van der Waals surface area contributed by atoms with Crippen molar-refractivity contribution in [2.45, 2.75) is 39.7 Å². The highest BCUT2D eigenvalue weighted by molar-refractivity contribution is 5.94. The van der Waals surface area contributed by atoms with Crippen LogP contribution in [0.5, 0.6) is 0 Å². The molecule has 4 rings (SSSR count). The Morgan fingerprint density at radius 1 is 1.32 bits per heavy atom. The van der Waals surface area contributed by atoms with Crippen LogP contribution in [0, 0.1) is 19.8 Å². The van der Waals surface area contributed by atoms with E-state index in [9.17, 15) is 14.7 Å². The van der Waals surface area contributed by atoms with E-state index in [1.807, 2.05) is 40.1 Å². The maximum Gasteiger partial charge on any atom is 0.337 e. The van der Waals surface area contributed by atoms with Crippen LogP contribution in [0.1, 0.15) is 52.9 Å². The average molecular weight is 421 g/mol. The summed E-state index contributed by atoms with van der Waals surface area (Å²) in [6, 6.07) is 8.56. The van der Waals surface area contributed by atoms with Gasteiger partial charge in [-0.2, -0.15) is 0 Å². The second kappa shape index (κ2) is 8.06. The molecule has 0 unspecified atom stereocenters. The molecule has 2 aromatic heterocycles. The quantitative estimate of drug-likeness (QED) is 0.600. The number of nitrogens with one attached hydrogen (secondary N) is 1. The number of aromatic carboxylic acids is 1. The molecule has 2 N–H and O–H groups in total. The monoisotopic (exact) mass is 420 g/mol. The van der Waals surface area contributed by atoms with Crippen molar-refractivity contribution in [1.82, 2.24) is 9.38 Å². The Balaban J connectivity index is 1.80. The molecule has 0 bridgehead atoms. The molecule has 1 aromatic carbocycles. The number of carbonyl (C=O) groups is 1. The van der Waals surface area contributed by atoms with Gasteiger partial charge in [0, 0.05) is 31.0 Å². The summed E-state index contributed by atoms with van der Waals surface area (Å²) in [7, 11) is 1.99. The van der Waals surface area contributed by atoms with Crippen LogP contribution in [-0.4, -0.2) is 34.1 Å². The van der Waals surface area contributed by atoms with Crippen LogP contribution in [0.15, 0.2) is 41.3 Å². The number of nitrogens with zero attached hydrogens (tertiary/aromatic N) is 3. The Labute approximate surface area is 181 Å². The van der Waals surface area contributed by atoms with Gasteiger partial charge < -0.3 is 15.3 Å². The lowest BCUT2D eigenvalue weighted by atomic mass is 10.1. The van der Waals surface area contributed by atoms with Gasteiger partial charge in [0.15, 0.2) is 0 Å². The standard InChI is InChI=1S/C24H28N4O3/c1-14-11-19(16(3)25-20-8-6-5-7-18(20)24(30)31)22-26-21(27(4)13-17-9-10-17)15(2)23(29)28(22)12-14/h5-8,11-12,16-17,25H,9-10,13H2,1-4H3,(H,30,31)/t16-/m1/s1. The van der Waals surface area contributed by atoms with Gasteiger partial charge in [-0.1, -0.05) is 12.1 Å². The van der Waals surface area contributed by atoms with Crippen molar-refractivity contribution < 1.29 is 9.90 Å². The number of hydrogen-bond donors (Lipinski definition) is 2. The zero-order valence-electron chi connectivity index (χ0n) is 18.3. The molecular weight excluding hydrogens is 392 g/mol. The van der Waals surface area contributed by atoms with E-state index in [0.29, 0.717) is 28.6 Å². The molecule has 1 atom stereocenters. The van der Waals surface area contributed by atoms with Gasteiger partial charge in [-0.3, -0.25) is 9.20 Å². The molecule has 3 aromatic rings. The van der Waals surface area contributed by atoms with E-state index in [-0.39, 0.29) is 17.2 Å². The molecule has 1 aliphatic rings. The lowest BCUT2D eigenvalue weighted by Crippen LogP contribution is -2.28. The van der Waals surface area contributed by atoms with Crippen LogP contribution >= 0.6 is 0 Å². The fourth-order valence-electron chi connectivity index (χ4n) is 4.06. The molecule has 31 heavy (non-hydrogen) atoms. The van der Waals surface area contributed by atoms with Crippen molar-refractivity contribution in [2.24, 2.45) is 5.92 Å². The van der Waals surface area contributed by atoms with Crippen molar-refractivity contribution in [3.8, 4) is 0 Å². The van der Waals surface area contributed by atoms with Gasteiger partial charge >= 0.3 is 5.97 Å². The van der Waals surface area contributed by atoms with E-state index >= 15 is 0 Å². The number of hydrogen-bond acceptors (Lipinski definition) is 5. The molecule has 162 valence electrons. The minimum Gasteiger partial charge on any atom is -0.478 e. The summed E-state index contributed by atoms with van der Waals surface area (Å²) in [5.74, 6) is 0.397. The predicted molar refractivity (Wildman–Crippen MR) is 122 cm³/mol. The summed E-state index contributed by atoms with van der Waals surface area (Å²) in [5, 5.41) is 12.8. The van der Waals surface area contributed by atoms with Crippen LogP contribution in [0.3, 0.4) is 0 Å². The van der Waals surface area contributed by atoms with Crippen LogP contribution < -0.4 is 15.8 Å². The second-order valence-corrected chi connectivity index (χ2v) is 8.57. The fraction of sp³-hybridized carbons (Fsp3) is 0.375. The Morgan fingerprint density at radius 3 is 2.71 bits per heavy atom. The molecule has 7 heteroatoms. The fourth-order valence-corrected chi connectivity index (χ4v) is 4.06. The zero-order valence-corrected chi connectivity index (χ0v) is 18.3. The highest BCUT2D eigenvalue weighted by atomic mass is 16.4. The zero-order chi connectivity index (χ0) is 22.3. The first kappa shape index (κ1) is 20.9. The van der Waals surface area contributed by atoms with E-state index < -0.39 is 5.97 Å². The molecule has 0 spiro atoms. The van der Waals surface area contributed by atoms with Crippen LogP contribution in [0.25, 0.3) is 5.65 Å². The molecule has 0 radical (unpaired) electrons. The van der Waals surface area contributed by atoms with Crippen molar-refractivity contribution in [1.29, 1.82) is 0 Å². The summed E-state index contributed by atoms with van der Waals surface area (Å²) in [5.41, 5.74) is 3.66. The molecule has 7 nitrogen and oxygen atoms in total. The summed E-state index contributed by atoms with van der Waals surface area (Å²) in [6.45, 7) is 6.61. The minimum atomic E-state index is -0.988. The third kappa shape index (κ3) is 4.13. The highest BCUT2D eigenvalue weighted by Crippen LogP contribution is 2.31. The normalized spacial score (nSPS) is 14.5. The molecule has 2 heterocycles. The number of aromatic nitrogens is 2. The number of carboxylic acids is 1. The van der Waals surface area contributed by atoms with Crippen LogP contribution in [0.2, 0.25) is 0 Å². The van der Waals surface area contributed by atoms with Crippen molar-refractivity contribution >= 4 is 23.1 Å². The van der Waals surface area contributed by atoms with Gasteiger partial charge in [0.2, 0.25) is 0 Å². The first-order chi connectivity index (χ1) is 14.8. The number of rotatable bonds is 7. The summed E-state index contributed by atoms with van der Waals surface area (Å²) in [4.78, 5) is 31.8. The average Bonchev–Trinajstić information content (AvgIpc) is 3.54. The number of anilines is 2. The number of benzene rings is 1. The number of fused-ring (bicyclic) bond motifs is 1. The number of carboxylic acid groups (broad SMARTS) is 1. The predicted octanol–water partition coefficient (Wildman–Crippen LogP) is 4.03. The van der Waals surface area contributed by atoms with Crippen molar-refractivity contribution in [3.63, 3.8) is 0 Å². The number of aryl methyl sites for hydroxylation is 1. The van der Waals surface area contributed by atoms with E-state index in [1.165, 1.54) is 12.8 Å². The van der Waals surface area contributed by atoms with Crippen molar-refractivity contribution in [3.05, 3.63) is 69.1 Å². The topological polar surface area (TPSA) is 86.9 Å². The molecular formula is C24H28N4O3. The lowest BCUT2D eigenvalue weighted by molar-refractivity contribution is 0.0698. The maximum absolute atomic E-state index is 13.2.